The fraction of sp³-hybridized carbons (Fsp3) is 0.696. The second-order valence-corrected chi connectivity index (χ2v) is 9.53. The number of piperidine rings is 2. The highest BCUT2D eigenvalue weighted by molar-refractivity contribution is 7.80. The van der Waals surface area contributed by atoms with Crippen LogP contribution in [0.2, 0.25) is 0 Å². The fourth-order valence-electron chi connectivity index (χ4n) is 5.91. The van der Waals surface area contributed by atoms with Crippen molar-refractivity contribution in [2.45, 2.75) is 102 Å². The highest BCUT2D eigenvalue weighted by Gasteiger charge is 2.41. The van der Waals surface area contributed by atoms with Crippen LogP contribution in [0.5, 0.6) is 0 Å². The van der Waals surface area contributed by atoms with Crippen molar-refractivity contribution < 1.29 is 0 Å². The number of rotatable bonds is 3. The van der Waals surface area contributed by atoms with Crippen LogP contribution in [-0.4, -0.2) is 34.2 Å². The van der Waals surface area contributed by atoms with Crippen molar-refractivity contribution in [2.75, 3.05) is 5.32 Å². The van der Waals surface area contributed by atoms with E-state index in [1.165, 1.54) is 75.3 Å². The number of aryl methyl sites for hydroxylation is 2. The SMILES string of the molecule is Cc1cc(C)cc(NC(=S)NC2C[C@H]3CCC[C@H](C2)N3C2CCCCC2)c1. The van der Waals surface area contributed by atoms with Gasteiger partial charge in [-0.1, -0.05) is 31.7 Å². The lowest BCUT2D eigenvalue weighted by Crippen LogP contribution is -2.60. The third-order valence-corrected chi connectivity index (χ3v) is 7.06. The minimum Gasteiger partial charge on any atom is -0.360 e. The first kappa shape index (κ1) is 19.2. The molecule has 4 heteroatoms. The van der Waals surface area contributed by atoms with E-state index in [0.717, 1.165) is 28.9 Å². The summed E-state index contributed by atoms with van der Waals surface area (Å²) < 4.78 is 0. The summed E-state index contributed by atoms with van der Waals surface area (Å²) in [5, 5.41) is 7.86. The molecule has 1 aliphatic carbocycles. The van der Waals surface area contributed by atoms with Gasteiger partial charge in [-0.3, -0.25) is 4.90 Å². The second kappa shape index (κ2) is 8.48. The molecule has 0 unspecified atom stereocenters. The quantitative estimate of drug-likeness (QED) is 0.690. The minimum absolute atomic E-state index is 0.519. The minimum atomic E-state index is 0.519. The predicted molar refractivity (Wildman–Crippen MR) is 118 cm³/mol. The summed E-state index contributed by atoms with van der Waals surface area (Å²) in [6, 6.07) is 9.44. The van der Waals surface area contributed by atoms with Crippen molar-refractivity contribution >= 4 is 23.0 Å². The number of hydrogen-bond donors (Lipinski definition) is 2. The van der Waals surface area contributed by atoms with Gasteiger partial charge < -0.3 is 10.6 Å². The van der Waals surface area contributed by atoms with E-state index in [9.17, 15) is 0 Å². The van der Waals surface area contributed by atoms with Crippen LogP contribution >= 0.6 is 12.2 Å². The predicted octanol–water partition coefficient (Wildman–Crippen LogP) is 5.31. The monoisotopic (exact) mass is 385 g/mol. The first-order valence-electron chi connectivity index (χ1n) is 11.0. The van der Waals surface area contributed by atoms with E-state index in [0.29, 0.717) is 6.04 Å². The van der Waals surface area contributed by atoms with E-state index in [-0.39, 0.29) is 0 Å². The Morgan fingerprint density at radius 3 is 2.07 bits per heavy atom. The van der Waals surface area contributed by atoms with E-state index in [1.54, 1.807) is 0 Å². The molecule has 2 bridgehead atoms. The molecule has 3 nitrogen and oxygen atoms in total. The number of nitrogens with zero attached hydrogens (tertiary/aromatic N) is 1. The fourth-order valence-corrected chi connectivity index (χ4v) is 6.19. The molecule has 0 radical (unpaired) electrons. The number of benzene rings is 1. The van der Waals surface area contributed by atoms with Gasteiger partial charge in [0.25, 0.3) is 0 Å². The van der Waals surface area contributed by atoms with E-state index in [2.05, 4.69) is 47.6 Å². The second-order valence-electron chi connectivity index (χ2n) is 9.12. The number of nitrogens with one attached hydrogen (secondary N) is 2. The Hall–Kier alpha value is -1.13. The first-order valence-corrected chi connectivity index (χ1v) is 11.4. The van der Waals surface area contributed by atoms with Gasteiger partial charge in [-0.05, 0) is 87.8 Å². The molecule has 0 amide bonds. The lowest BCUT2D eigenvalue weighted by Gasteiger charge is -2.53. The van der Waals surface area contributed by atoms with Gasteiger partial charge in [0.2, 0.25) is 0 Å². The summed E-state index contributed by atoms with van der Waals surface area (Å²) in [4.78, 5) is 2.95. The Morgan fingerprint density at radius 1 is 0.852 bits per heavy atom. The van der Waals surface area contributed by atoms with Gasteiger partial charge in [0.05, 0.1) is 0 Å². The number of anilines is 1. The van der Waals surface area contributed by atoms with E-state index < -0.39 is 0 Å². The Morgan fingerprint density at radius 2 is 1.44 bits per heavy atom. The van der Waals surface area contributed by atoms with Crippen molar-refractivity contribution in [3.63, 3.8) is 0 Å². The van der Waals surface area contributed by atoms with E-state index in [4.69, 9.17) is 12.2 Å². The first-order chi connectivity index (χ1) is 13.1. The molecular formula is C23H35N3S. The summed E-state index contributed by atoms with van der Waals surface area (Å²) in [6.45, 7) is 4.27. The van der Waals surface area contributed by atoms with Crippen molar-refractivity contribution in [1.82, 2.24) is 10.2 Å². The lowest BCUT2D eigenvalue weighted by atomic mass is 9.78. The molecule has 4 rings (SSSR count). The van der Waals surface area contributed by atoms with Crippen LogP contribution in [0.15, 0.2) is 18.2 Å². The number of fused-ring (bicyclic) bond motifs is 2. The Balaban J connectivity index is 1.36. The van der Waals surface area contributed by atoms with Crippen LogP contribution in [0, 0.1) is 13.8 Å². The van der Waals surface area contributed by atoms with E-state index in [1.807, 2.05) is 0 Å². The molecule has 1 saturated carbocycles. The summed E-state index contributed by atoms with van der Waals surface area (Å²) in [5.74, 6) is 0. The number of thiocarbonyl (C=S) groups is 1. The highest BCUT2D eigenvalue weighted by Crippen LogP contribution is 2.39. The zero-order valence-corrected chi connectivity index (χ0v) is 17.8. The van der Waals surface area contributed by atoms with Crippen molar-refractivity contribution in [1.29, 1.82) is 0 Å². The van der Waals surface area contributed by atoms with Crippen LogP contribution in [0.4, 0.5) is 5.69 Å². The van der Waals surface area contributed by atoms with Crippen molar-refractivity contribution in [3.05, 3.63) is 29.3 Å². The molecule has 2 saturated heterocycles. The van der Waals surface area contributed by atoms with Crippen molar-refractivity contribution in [2.24, 2.45) is 0 Å². The molecular weight excluding hydrogens is 350 g/mol. The van der Waals surface area contributed by atoms with Gasteiger partial charge in [-0.2, -0.15) is 0 Å². The largest absolute Gasteiger partial charge is 0.360 e. The van der Waals surface area contributed by atoms with Gasteiger partial charge in [0.15, 0.2) is 5.11 Å². The topological polar surface area (TPSA) is 27.3 Å². The molecule has 27 heavy (non-hydrogen) atoms. The molecule has 3 fully saturated rings. The zero-order chi connectivity index (χ0) is 18.8. The zero-order valence-electron chi connectivity index (χ0n) is 17.0. The Labute approximate surface area is 170 Å². The average Bonchev–Trinajstić information content (AvgIpc) is 2.60. The maximum atomic E-state index is 5.65. The Kier molecular flexibility index (Phi) is 6.03. The average molecular weight is 386 g/mol. The molecule has 2 heterocycles. The molecule has 1 aromatic carbocycles. The van der Waals surface area contributed by atoms with Crippen molar-refractivity contribution in [3.8, 4) is 0 Å². The molecule has 1 aromatic rings. The maximum absolute atomic E-state index is 5.65. The van der Waals surface area contributed by atoms with E-state index >= 15 is 0 Å². The summed E-state index contributed by atoms with van der Waals surface area (Å²) in [5.41, 5.74) is 3.65. The van der Waals surface area contributed by atoms with Gasteiger partial charge in [0, 0.05) is 29.9 Å². The molecule has 3 aliphatic rings. The standard InChI is InChI=1S/C23H35N3S/c1-16-11-17(2)13-18(12-16)24-23(27)25-19-14-21-9-6-10-22(15-19)26(21)20-7-4-3-5-8-20/h11-13,19-22H,3-10,14-15H2,1-2H3,(H2,24,25,27)/t21-,22-/m1/s1. The van der Waals surface area contributed by atoms with Gasteiger partial charge in [0.1, 0.15) is 0 Å². The highest BCUT2D eigenvalue weighted by atomic mass is 32.1. The van der Waals surface area contributed by atoms with Crippen LogP contribution < -0.4 is 10.6 Å². The van der Waals surface area contributed by atoms with Gasteiger partial charge >= 0.3 is 0 Å². The smallest absolute Gasteiger partial charge is 0.170 e. The maximum Gasteiger partial charge on any atom is 0.170 e. The number of hydrogen-bond acceptors (Lipinski definition) is 2. The summed E-state index contributed by atoms with van der Waals surface area (Å²) >= 11 is 5.65. The van der Waals surface area contributed by atoms with Gasteiger partial charge in [-0.25, -0.2) is 0 Å². The summed E-state index contributed by atoms with van der Waals surface area (Å²) in [7, 11) is 0. The normalized spacial score (nSPS) is 29.3. The molecule has 0 aromatic heterocycles. The van der Waals surface area contributed by atoms with Crippen LogP contribution in [0.3, 0.4) is 0 Å². The third-order valence-electron chi connectivity index (χ3n) is 6.84. The molecule has 2 aliphatic heterocycles. The molecule has 2 atom stereocenters. The van der Waals surface area contributed by atoms with Crippen LogP contribution in [0.25, 0.3) is 0 Å². The molecule has 2 N–H and O–H groups in total. The Bertz CT molecular complexity index is 633. The molecule has 0 spiro atoms. The van der Waals surface area contributed by atoms with Gasteiger partial charge in [-0.15, -0.1) is 0 Å². The third kappa shape index (κ3) is 4.65. The lowest BCUT2D eigenvalue weighted by molar-refractivity contribution is -0.0195. The summed E-state index contributed by atoms with van der Waals surface area (Å²) in [6.07, 6.45) is 13.8. The molecule has 148 valence electrons. The van der Waals surface area contributed by atoms with Crippen LogP contribution in [0.1, 0.15) is 75.3 Å². The van der Waals surface area contributed by atoms with Crippen LogP contribution in [-0.2, 0) is 0 Å².